The number of benzene rings is 1. The molecule has 0 aliphatic carbocycles. The first kappa shape index (κ1) is 16.0. The molecule has 2 rings (SSSR count). The number of halogens is 3. The summed E-state index contributed by atoms with van der Waals surface area (Å²) in [6.45, 7) is 4.57. The number of pyridine rings is 1. The molecule has 2 aromatic rings. The lowest BCUT2D eigenvalue weighted by atomic mass is 10.0. The van der Waals surface area contributed by atoms with Crippen LogP contribution in [0.1, 0.15) is 36.2 Å². The van der Waals surface area contributed by atoms with Gasteiger partial charge in [0.1, 0.15) is 11.6 Å². The molecule has 21 heavy (non-hydrogen) atoms. The first-order chi connectivity index (χ1) is 10.0. The topological polar surface area (TPSA) is 24.9 Å². The van der Waals surface area contributed by atoms with Crippen molar-refractivity contribution in [2.75, 3.05) is 6.54 Å². The Hall–Kier alpha value is -1.33. The molecule has 1 N–H and O–H groups in total. The highest BCUT2D eigenvalue weighted by Crippen LogP contribution is 2.30. The molecule has 0 fully saturated rings. The van der Waals surface area contributed by atoms with Gasteiger partial charge in [0.05, 0.1) is 16.2 Å². The fourth-order valence-electron chi connectivity index (χ4n) is 2.17. The average Bonchev–Trinajstić information content (AvgIpc) is 2.46. The molecule has 1 unspecified atom stereocenters. The molecule has 0 spiro atoms. The summed E-state index contributed by atoms with van der Waals surface area (Å²) in [7, 11) is 0. The van der Waals surface area contributed by atoms with Crippen molar-refractivity contribution in [3.8, 4) is 0 Å². The third-order valence-electron chi connectivity index (χ3n) is 3.20. The van der Waals surface area contributed by atoms with Crippen LogP contribution in [-0.4, -0.2) is 11.5 Å². The molecule has 1 heterocycles. The third-order valence-corrected chi connectivity index (χ3v) is 3.81. The van der Waals surface area contributed by atoms with Gasteiger partial charge in [-0.05, 0) is 65.6 Å². The van der Waals surface area contributed by atoms with Gasteiger partial charge in [-0.2, -0.15) is 0 Å². The van der Waals surface area contributed by atoms with E-state index in [-0.39, 0.29) is 10.0 Å². The fourth-order valence-corrected chi connectivity index (χ4v) is 2.51. The molecule has 0 aliphatic heterocycles. The Morgan fingerprint density at radius 3 is 2.71 bits per heavy atom. The molecule has 2 nitrogen and oxygen atoms in total. The summed E-state index contributed by atoms with van der Waals surface area (Å²) in [6, 6.07) is 5.72. The van der Waals surface area contributed by atoms with Crippen LogP contribution < -0.4 is 5.32 Å². The van der Waals surface area contributed by atoms with E-state index in [1.54, 1.807) is 6.20 Å². The van der Waals surface area contributed by atoms with Gasteiger partial charge in [-0.1, -0.05) is 6.92 Å². The van der Waals surface area contributed by atoms with Gasteiger partial charge < -0.3 is 5.32 Å². The van der Waals surface area contributed by atoms with Gasteiger partial charge in [0.2, 0.25) is 0 Å². The second-order valence-electron chi connectivity index (χ2n) is 4.90. The van der Waals surface area contributed by atoms with Gasteiger partial charge in [0.15, 0.2) is 0 Å². The zero-order chi connectivity index (χ0) is 15.4. The van der Waals surface area contributed by atoms with Crippen LogP contribution in [0.2, 0.25) is 0 Å². The molecule has 0 radical (unpaired) electrons. The summed E-state index contributed by atoms with van der Waals surface area (Å²) in [4.78, 5) is 4.27. The molecule has 1 aromatic carbocycles. The highest BCUT2D eigenvalue weighted by Gasteiger charge is 2.24. The van der Waals surface area contributed by atoms with Gasteiger partial charge in [-0.25, -0.2) is 8.78 Å². The standard InChI is InChI=1S/C16H17BrF2N2/c1-3-7-21-16(13-9-10(2)6-8-20-13)14-12(18)5-4-11(17)15(14)19/h4-6,8-9,16,21H,3,7H2,1-2H3. The number of rotatable bonds is 5. The van der Waals surface area contributed by atoms with E-state index in [0.717, 1.165) is 12.0 Å². The van der Waals surface area contributed by atoms with Crippen molar-refractivity contribution in [2.45, 2.75) is 26.3 Å². The number of nitrogens with one attached hydrogen (secondary N) is 1. The van der Waals surface area contributed by atoms with Crippen molar-refractivity contribution in [3.05, 3.63) is 63.4 Å². The molecule has 1 aromatic heterocycles. The van der Waals surface area contributed by atoms with Crippen molar-refractivity contribution < 1.29 is 8.78 Å². The van der Waals surface area contributed by atoms with Crippen LogP contribution in [0, 0.1) is 18.6 Å². The Kier molecular flexibility index (Phi) is 5.42. The van der Waals surface area contributed by atoms with Crippen LogP contribution in [-0.2, 0) is 0 Å². The molecule has 5 heteroatoms. The van der Waals surface area contributed by atoms with Crippen LogP contribution in [0.25, 0.3) is 0 Å². The van der Waals surface area contributed by atoms with Crippen LogP contribution >= 0.6 is 15.9 Å². The fraction of sp³-hybridized carbons (Fsp3) is 0.312. The SMILES string of the molecule is CCCNC(c1cc(C)ccn1)c1c(F)ccc(Br)c1F. The van der Waals surface area contributed by atoms with Crippen molar-refractivity contribution in [2.24, 2.45) is 0 Å². The van der Waals surface area contributed by atoms with E-state index in [4.69, 9.17) is 0 Å². The highest BCUT2D eigenvalue weighted by atomic mass is 79.9. The summed E-state index contributed by atoms with van der Waals surface area (Å²) in [5.41, 5.74) is 1.61. The minimum Gasteiger partial charge on any atom is -0.305 e. The summed E-state index contributed by atoms with van der Waals surface area (Å²) >= 11 is 3.11. The zero-order valence-electron chi connectivity index (χ0n) is 12.0. The van der Waals surface area contributed by atoms with Gasteiger partial charge in [0, 0.05) is 11.8 Å². The average molecular weight is 355 g/mol. The van der Waals surface area contributed by atoms with Crippen molar-refractivity contribution >= 4 is 15.9 Å². The summed E-state index contributed by atoms with van der Waals surface area (Å²) in [6.07, 6.45) is 2.51. The van der Waals surface area contributed by atoms with E-state index in [1.807, 2.05) is 26.0 Å². The Morgan fingerprint density at radius 2 is 2.05 bits per heavy atom. The molecular formula is C16H17BrF2N2. The van der Waals surface area contributed by atoms with Crippen LogP contribution in [0.5, 0.6) is 0 Å². The van der Waals surface area contributed by atoms with E-state index in [0.29, 0.717) is 12.2 Å². The molecule has 112 valence electrons. The Labute approximate surface area is 131 Å². The van der Waals surface area contributed by atoms with Crippen molar-refractivity contribution in [1.82, 2.24) is 10.3 Å². The monoisotopic (exact) mass is 354 g/mol. The number of aryl methyl sites for hydroxylation is 1. The Morgan fingerprint density at radius 1 is 1.29 bits per heavy atom. The molecule has 0 bridgehead atoms. The molecule has 0 saturated carbocycles. The van der Waals surface area contributed by atoms with Crippen LogP contribution in [0.15, 0.2) is 34.9 Å². The van der Waals surface area contributed by atoms with E-state index in [9.17, 15) is 8.78 Å². The Balaban J connectivity index is 2.53. The first-order valence-corrected chi connectivity index (χ1v) is 7.63. The molecular weight excluding hydrogens is 338 g/mol. The van der Waals surface area contributed by atoms with E-state index in [2.05, 4.69) is 26.2 Å². The lowest BCUT2D eigenvalue weighted by molar-refractivity contribution is 0.495. The lowest BCUT2D eigenvalue weighted by Gasteiger charge is -2.20. The molecule has 0 amide bonds. The zero-order valence-corrected chi connectivity index (χ0v) is 13.5. The summed E-state index contributed by atoms with van der Waals surface area (Å²) in [5, 5.41) is 3.17. The number of hydrogen-bond donors (Lipinski definition) is 1. The largest absolute Gasteiger partial charge is 0.305 e. The van der Waals surface area contributed by atoms with Gasteiger partial charge in [-0.15, -0.1) is 0 Å². The number of aromatic nitrogens is 1. The smallest absolute Gasteiger partial charge is 0.145 e. The summed E-state index contributed by atoms with van der Waals surface area (Å²) < 4.78 is 28.8. The van der Waals surface area contributed by atoms with Crippen LogP contribution in [0.4, 0.5) is 8.78 Å². The quantitative estimate of drug-likeness (QED) is 0.798. The second-order valence-corrected chi connectivity index (χ2v) is 5.76. The lowest BCUT2D eigenvalue weighted by Crippen LogP contribution is -2.26. The number of hydrogen-bond acceptors (Lipinski definition) is 2. The second kappa shape index (κ2) is 7.09. The van der Waals surface area contributed by atoms with Gasteiger partial charge >= 0.3 is 0 Å². The van der Waals surface area contributed by atoms with Crippen LogP contribution in [0.3, 0.4) is 0 Å². The first-order valence-electron chi connectivity index (χ1n) is 6.84. The molecule has 0 aliphatic rings. The van der Waals surface area contributed by atoms with Gasteiger partial charge in [0.25, 0.3) is 0 Å². The minimum absolute atomic E-state index is 0.00377. The maximum Gasteiger partial charge on any atom is 0.145 e. The number of nitrogens with zero attached hydrogens (tertiary/aromatic N) is 1. The minimum atomic E-state index is -0.609. The van der Waals surface area contributed by atoms with Crippen molar-refractivity contribution in [3.63, 3.8) is 0 Å². The van der Waals surface area contributed by atoms with E-state index >= 15 is 0 Å². The predicted octanol–water partition coefficient (Wildman–Crippen LogP) is 4.52. The Bertz CT molecular complexity index is 632. The highest BCUT2D eigenvalue weighted by molar-refractivity contribution is 9.10. The van der Waals surface area contributed by atoms with Gasteiger partial charge in [-0.3, -0.25) is 4.98 Å². The van der Waals surface area contributed by atoms with Crippen molar-refractivity contribution in [1.29, 1.82) is 0 Å². The normalized spacial score (nSPS) is 12.4. The maximum atomic E-state index is 14.4. The molecule has 0 saturated heterocycles. The molecule has 1 atom stereocenters. The summed E-state index contributed by atoms with van der Waals surface area (Å²) in [5.74, 6) is -1.17. The van der Waals surface area contributed by atoms with E-state index in [1.165, 1.54) is 12.1 Å². The third kappa shape index (κ3) is 3.66. The van der Waals surface area contributed by atoms with E-state index < -0.39 is 17.7 Å². The maximum absolute atomic E-state index is 14.4. The predicted molar refractivity (Wildman–Crippen MR) is 83.2 cm³/mol.